The molecular formula is C5H6N6OS. The fourth-order valence-electron chi connectivity index (χ4n) is 0.709. The molecule has 0 aromatic carbocycles. The Kier molecular flexibility index (Phi) is 2.13. The molecule has 0 radical (unpaired) electrons. The Bertz CT molecular complexity index is 370. The van der Waals surface area contributed by atoms with Crippen LogP contribution in [0.1, 0.15) is 5.89 Å². The summed E-state index contributed by atoms with van der Waals surface area (Å²) in [5.41, 5.74) is 5.33. The number of thioether (sulfide) groups is 1. The number of anilines is 1. The van der Waals surface area contributed by atoms with Gasteiger partial charge in [-0.15, -0.1) is 5.10 Å². The molecule has 0 aliphatic heterocycles. The minimum atomic E-state index is 0.299. The van der Waals surface area contributed by atoms with Crippen molar-refractivity contribution in [3.8, 4) is 0 Å². The number of H-pyrrole nitrogens is 1. The predicted octanol–water partition coefficient (Wildman–Crippen LogP) is 0.0622. The Morgan fingerprint density at radius 2 is 2.54 bits per heavy atom. The van der Waals surface area contributed by atoms with E-state index in [-0.39, 0.29) is 0 Å². The van der Waals surface area contributed by atoms with Crippen molar-refractivity contribution in [1.82, 2.24) is 25.3 Å². The summed E-state index contributed by atoms with van der Waals surface area (Å²) in [6.45, 7) is 0. The molecule has 0 saturated carbocycles. The molecule has 2 aromatic heterocycles. The first kappa shape index (κ1) is 8.05. The number of nitrogens with zero attached hydrogens (tertiary/aromatic N) is 4. The molecular weight excluding hydrogens is 192 g/mol. The van der Waals surface area contributed by atoms with Crippen molar-refractivity contribution in [3.63, 3.8) is 0 Å². The normalized spacial score (nSPS) is 10.5. The molecule has 2 heterocycles. The van der Waals surface area contributed by atoms with Crippen LogP contribution in [0.15, 0.2) is 16.0 Å². The van der Waals surface area contributed by atoms with E-state index in [1.165, 1.54) is 18.1 Å². The van der Waals surface area contributed by atoms with Crippen molar-refractivity contribution < 1.29 is 4.52 Å². The number of aromatic amines is 1. The molecule has 2 rings (SSSR count). The molecule has 0 aliphatic carbocycles. The highest BCUT2D eigenvalue weighted by molar-refractivity contribution is 7.98. The summed E-state index contributed by atoms with van der Waals surface area (Å²) < 4.78 is 4.78. The predicted molar refractivity (Wildman–Crippen MR) is 44.7 cm³/mol. The lowest BCUT2D eigenvalue weighted by atomic mass is 10.8. The standard InChI is InChI=1S/C5H6N6OS/c6-4-9-5(11-10-4)13-1-3-7-2-8-12-3/h2H,1H2,(H3,6,9,10,11). The van der Waals surface area contributed by atoms with E-state index < -0.39 is 0 Å². The van der Waals surface area contributed by atoms with Crippen molar-refractivity contribution in [2.45, 2.75) is 10.9 Å². The largest absolute Gasteiger partial charge is 0.368 e. The number of aromatic nitrogens is 5. The number of hydrogen-bond acceptors (Lipinski definition) is 7. The fourth-order valence-corrected chi connectivity index (χ4v) is 1.36. The van der Waals surface area contributed by atoms with Crippen LogP contribution < -0.4 is 5.73 Å². The lowest BCUT2D eigenvalue weighted by Gasteiger charge is -1.88. The van der Waals surface area contributed by atoms with Crippen molar-refractivity contribution >= 4 is 17.7 Å². The molecule has 0 spiro atoms. The monoisotopic (exact) mass is 198 g/mol. The van der Waals surface area contributed by atoms with Gasteiger partial charge in [-0.1, -0.05) is 16.9 Å². The average molecular weight is 198 g/mol. The highest BCUT2D eigenvalue weighted by Crippen LogP contribution is 2.17. The molecule has 0 aliphatic rings. The second-order valence-corrected chi connectivity index (χ2v) is 3.07. The van der Waals surface area contributed by atoms with E-state index in [0.29, 0.717) is 22.7 Å². The second kappa shape index (κ2) is 3.44. The summed E-state index contributed by atoms with van der Waals surface area (Å²) in [7, 11) is 0. The van der Waals surface area contributed by atoms with Crippen LogP contribution in [0.3, 0.4) is 0 Å². The van der Waals surface area contributed by atoms with E-state index in [1.54, 1.807) is 0 Å². The molecule has 3 N–H and O–H groups in total. The second-order valence-electron chi connectivity index (χ2n) is 2.13. The van der Waals surface area contributed by atoms with Crippen LogP contribution in [0.25, 0.3) is 0 Å². The molecule has 7 nitrogen and oxygen atoms in total. The number of nitrogen functional groups attached to an aromatic ring is 1. The quantitative estimate of drug-likeness (QED) is 0.671. The lowest BCUT2D eigenvalue weighted by molar-refractivity contribution is 0.390. The van der Waals surface area contributed by atoms with Crippen molar-refractivity contribution in [1.29, 1.82) is 0 Å². The molecule has 13 heavy (non-hydrogen) atoms. The maximum absolute atomic E-state index is 5.33. The highest BCUT2D eigenvalue weighted by atomic mass is 32.2. The van der Waals surface area contributed by atoms with E-state index in [9.17, 15) is 0 Å². The van der Waals surface area contributed by atoms with Gasteiger partial charge in [-0.3, -0.25) is 0 Å². The first-order valence-electron chi connectivity index (χ1n) is 3.41. The molecule has 0 fully saturated rings. The maximum atomic E-state index is 5.33. The molecule has 0 amide bonds. The zero-order chi connectivity index (χ0) is 9.10. The zero-order valence-electron chi connectivity index (χ0n) is 6.47. The van der Waals surface area contributed by atoms with Gasteiger partial charge < -0.3 is 10.3 Å². The number of rotatable bonds is 3. The molecule has 2 aromatic rings. The van der Waals surface area contributed by atoms with Gasteiger partial charge in [0.2, 0.25) is 17.0 Å². The van der Waals surface area contributed by atoms with Gasteiger partial charge in [0.25, 0.3) is 0 Å². The Labute approximate surface area is 77.1 Å². The Morgan fingerprint density at radius 1 is 1.62 bits per heavy atom. The zero-order valence-corrected chi connectivity index (χ0v) is 7.28. The van der Waals surface area contributed by atoms with Gasteiger partial charge in [-0.2, -0.15) is 9.97 Å². The third-order valence-corrected chi connectivity index (χ3v) is 2.05. The smallest absolute Gasteiger partial charge is 0.236 e. The van der Waals surface area contributed by atoms with Gasteiger partial charge in [-0.05, 0) is 0 Å². The number of hydrogen-bond donors (Lipinski definition) is 2. The van der Waals surface area contributed by atoms with E-state index in [4.69, 9.17) is 10.3 Å². The SMILES string of the molecule is Nc1nc(SCc2ncno2)n[nH]1. The van der Waals surface area contributed by atoms with Gasteiger partial charge in [0.15, 0.2) is 6.33 Å². The molecule has 0 unspecified atom stereocenters. The first-order valence-corrected chi connectivity index (χ1v) is 4.39. The van der Waals surface area contributed by atoms with Crippen LogP contribution in [-0.2, 0) is 5.75 Å². The van der Waals surface area contributed by atoms with E-state index in [2.05, 4.69) is 25.3 Å². The first-order chi connectivity index (χ1) is 6.34. The minimum Gasteiger partial charge on any atom is -0.368 e. The Morgan fingerprint density at radius 3 is 3.15 bits per heavy atom. The lowest BCUT2D eigenvalue weighted by Crippen LogP contribution is -1.85. The molecule has 0 saturated heterocycles. The Balaban J connectivity index is 1.93. The molecule has 8 heteroatoms. The third kappa shape index (κ3) is 1.96. The Hall–Kier alpha value is -1.57. The minimum absolute atomic E-state index is 0.299. The summed E-state index contributed by atoms with van der Waals surface area (Å²) in [5, 5.41) is 10.4. The molecule has 0 bridgehead atoms. The highest BCUT2D eigenvalue weighted by Gasteiger charge is 2.04. The van der Waals surface area contributed by atoms with Crippen molar-refractivity contribution in [2.24, 2.45) is 0 Å². The van der Waals surface area contributed by atoms with Gasteiger partial charge in [0.05, 0.1) is 5.75 Å². The van der Waals surface area contributed by atoms with Crippen molar-refractivity contribution in [2.75, 3.05) is 5.73 Å². The molecule has 0 atom stereocenters. The van der Waals surface area contributed by atoms with Gasteiger partial charge >= 0.3 is 0 Å². The summed E-state index contributed by atoms with van der Waals surface area (Å²) >= 11 is 1.37. The van der Waals surface area contributed by atoms with E-state index in [0.717, 1.165) is 0 Å². The van der Waals surface area contributed by atoms with Crippen LogP contribution >= 0.6 is 11.8 Å². The average Bonchev–Trinajstić information content (AvgIpc) is 2.71. The van der Waals surface area contributed by atoms with Gasteiger partial charge in [0.1, 0.15) is 0 Å². The van der Waals surface area contributed by atoms with Gasteiger partial charge in [-0.25, -0.2) is 5.10 Å². The number of nitrogens with one attached hydrogen (secondary N) is 1. The van der Waals surface area contributed by atoms with Crippen LogP contribution in [0.2, 0.25) is 0 Å². The summed E-state index contributed by atoms with van der Waals surface area (Å²) in [6, 6.07) is 0. The third-order valence-electron chi connectivity index (χ3n) is 1.21. The van der Waals surface area contributed by atoms with Crippen LogP contribution in [-0.4, -0.2) is 25.3 Å². The van der Waals surface area contributed by atoms with Crippen molar-refractivity contribution in [3.05, 3.63) is 12.2 Å². The summed E-state index contributed by atoms with van der Waals surface area (Å²) in [5.74, 6) is 1.37. The van der Waals surface area contributed by atoms with Crippen LogP contribution in [0.4, 0.5) is 5.95 Å². The van der Waals surface area contributed by atoms with E-state index in [1.807, 2.05) is 0 Å². The van der Waals surface area contributed by atoms with Crippen LogP contribution in [0, 0.1) is 0 Å². The topological polar surface area (TPSA) is 107 Å². The molecule has 68 valence electrons. The number of nitrogens with two attached hydrogens (primary N) is 1. The van der Waals surface area contributed by atoms with E-state index >= 15 is 0 Å². The maximum Gasteiger partial charge on any atom is 0.236 e. The summed E-state index contributed by atoms with van der Waals surface area (Å²) in [4.78, 5) is 7.74. The fraction of sp³-hybridized carbons (Fsp3) is 0.200. The van der Waals surface area contributed by atoms with Gasteiger partial charge in [0, 0.05) is 0 Å². The van der Waals surface area contributed by atoms with Crippen LogP contribution in [0.5, 0.6) is 0 Å². The summed E-state index contributed by atoms with van der Waals surface area (Å²) in [6.07, 6.45) is 1.35.